The Balaban J connectivity index is 1.54. The molecule has 3 nitrogen and oxygen atoms in total. The van der Waals surface area contributed by atoms with E-state index in [0.29, 0.717) is 0 Å². The second kappa shape index (κ2) is 8.13. The number of carbonyl (C=O) groups is 1. The van der Waals surface area contributed by atoms with Gasteiger partial charge in [-0.3, -0.25) is 0 Å². The van der Waals surface area contributed by atoms with E-state index in [0.717, 1.165) is 24.1 Å². The average Bonchev–Trinajstić information content (AvgIpc) is 3.05. The molecule has 0 radical (unpaired) electrons. The second-order valence-electron chi connectivity index (χ2n) is 6.87. The predicted octanol–water partition coefficient (Wildman–Crippen LogP) is 5.96. The van der Waals surface area contributed by atoms with Crippen molar-refractivity contribution in [3.8, 4) is 0 Å². The lowest BCUT2D eigenvalue weighted by Crippen LogP contribution is -2.01. The van der Waals surface area contributed by atoms with Crippen molar-refractivity contribution in [1.82, 2.24) is 4.57 Å². The molecule has 3 aromatic carbocycles. The Morgan fingerprint density at radius 2 is 1.68 bits per heavy atom. The number of aromatic nitrogens is 1. The van der Waals surface area contributed by atoms with Gasteiger partial charge in [0, 0.05) is 34.4 Å². The summed E-state index contributed by atoms with van der Waals surface area (Å²) in [5.74, 6) is -0.336. The Hall–Kier alpha value is -3.33. The van der Waals surface area contributed by atoms with E-state index in [9.17, 15) is 4.79 Å². The lowest BCUT2D eigenvalue weighted by atomic mass is 10.1. The zero-order chi connectivity index (χ0) is 19.3. The highest BCUT2D eigenvalue weighted by atomic mass is 16.5. The largest absolute Gasteiger partial charge is 0.458 e. The summed E-state index contributed by atoms with van der Waals surface area (Å²) in [6.07, 6.45) is 4.33. The van der Waals surface area contributed by atoms with Gasteiger partial charge >= 0.3 is 5.97 Å². The Bertz CT molecular complexity index is 1140. The molecule has 0 fully saturated rings. The summed E-state index contributed by atoms with van der Waals surface area (Å²) < 4.78 is 7.80. The molecule has 0 spiro atoms. The third kappa shape index (κ3) is 3.70. The van der Waals surface area contributed by atoms with Gasteiger partial charge in [0.25, 0.3) is 0 Å². The fraction of sp³-hybridized carbons (Fsp3) is 0.160. The first-order valence-electron chi connectivity index (χ1n) is 9.66. The maximum atomic E-state index is 12.0. The minimum atomic E-state index is -0.336. The number of esters is 1. The van der Waals surface area contributed by atoms with Gasteiger partial charge in [-0.2, -0.15) is 0 Å². The molecule has 0 saturated carbocycles. The van der Waals surface area contributed by atoms with Gasteiger partial charge in [0.2, 0.25) is 0 Å². The van der Waals surface area contributed by atoms with Crippen LogP contribution >= 0.6 is 0 Å². The van der Waals surface area contributed by atoms with Crippen LogP contribution in [0.1, 0.15) is 24.5 Å². The maximum Gasteiger partial charge on any atom is 0.331 e. The Kier molecular flexibility index (Phi) is 5.24. The van der Waals surface area contributed by atoms with E-state index in [4.69, 9.17) is 4.74 Å². The molecule has 0 saturated heterocycles. The quantitative estimate of drug-likeness (QED) is 0.310. The number of hydrogen-bond acceptors (Lipinski definition) is 2. The minimum absolute atomic E-state index is 0.265. The van der Waals surface area contributed by atoms with Crippen molar-refractivity contribution < 1.29 is 9.53 Å². The summed E-state index contributed by atoms with van der Waals surface area (Å²) in [6, 6.07) is 24.5. The van der Waals surface area contributed by atoms with Gasteiger partial charge in [0.1, 0.15) is 6.61 Å². The summed E-state index contributed by atoms with van der Waals surface area (Å²) in [5.41, 5.74) is 4.44. The Morgan fingerprint density at radius 3 is 2.50 bits per heavy atom. The third-order valence-corrected chi connectivity index (χ3v) is 4.88. The summed E-state index contributed by atoms with van der Waals surface area (Å²) in [5, 5.41) is 2.44. The zero-order valence-corrected chi connectivity index (χ0v) is 16.0. The molecule has 28 heavy (non-hydrogen) atoms. The van der Waals surface area contributed by atoms with Gasteiger partial charge in [-0.25, -0.2) is 4.79 Å². The molecule has 0 atom stereocenters. The highest BCUT2D eigenvalue weighted by Gasteiger charge is 2.10. The number of fused-ring (bicyclic) bond motifs is 3. The van der Waals surface area contributed by atoms with E-state index in [1.807, 2.05) is 36.4 Å². The molecule has 0 amide bonds. The van der Waals surface area contributed by atoms with E-state index in [1.165, 1.54) is 27.9 Å². The predicted molar refractivity (Wildman–Crippen MR) is 115 cm³/mol. The molecule has 1 aromatic heterocycles. The molecule has 4 aromatic rings. The van der Waals surface area contributed by atoms with Gasteiger partial charge in [-0.05, 0) is 41.8 Å². The van der Waals surface area contributed by atoms with Gasteiger partial charge in [-0.1, -0.05) is 61.5 Å². The topological polar surface area (TPSA) is 31.2 Å². The highest BCUT2D eigenvalue weighted by molar-refractivity contribution is 6.08. The van der Waals surface area contributed by atoms with Crippen LogP contribution in [0.5, 0.6) is 0 Å². The maximum absolute atomic E-state index is 12.0. The van der Waals surface area contributed by atoms with Crippen molar-refractivity contribution in [2.75, 3.05) is 0 Å². The monoisotopic (exact) mass is 369 g/mol. The molecular formula is C25H23NO2. The van der Waals surface area contributed by atoms with Crippen LogP contribution in [-0.2, 0) is 22.7 Å². The molecule has 0 bridgehead atoms. The minimum Gasteiger partial charge on any atom is -0.458 e. The van der Waals surface area contributed by atoms with Crippen molar-refractivity contribution in [2.24, 2.45) is 0 Å². The molecule has 4 rings (SSSR count). The number of carbonyl (C=O) groups excluding carboxylic acids is 1. The number of hydrogen-bond donors (Lipinski definition) is 0. The van der Waals surface area contributed by atoms with Gasteiger partial charge in [0.15, 0.2) is 0 Å². The number of ether oxygens (including phenoxy) is 1. The summed E-state index contributed by atoms with van der Waals surface area (Å²) in [7, 11) is 0. The molecule has 0 aliphatic rings. The zero-order valence-electron chi connectivity index (χ0n) is 16.0. The van der Waals surface area contributed by atoms with E-state index >= 15 is 0 Å². The summed E-state index contributed by atoms with van der Waals surface area (Å²) in [6.45, 7) is 3.45. The van der Waals surface area contributed by atoms with Crippen molar-refractivity contribution >= 4 is 33.9 Å². The van der Waals surface area contributed by atoms with Crippen molar-refractivity contribution in [3.63, 3.8) is 0 Å². The second-order valence-corrected chi connectivity index (χ2v) is 6.87. The van der Waals surface area contributed by atoms with Crippen molar-refractivity contribution in [3.05, 3.63) is 90.0 Å². The first-order valence-corrected chi connectivity index (χ1v) is 9.66. The lowest BCUT2D eigenvalue weighted by molar-refractivity contribution is -0.138. The van der Waals surface area contributed by atoms with Crippen LogP contribution < -0.4 is 0 Å². The summed E-state index contributed by atoms with van der Waals surface area (Å²) in [4.78, 5) is 12.0. The molecule has 0 aliphatic carbocycles. The van der Waals surface area contributed by atoms with Gasteiger partial charge < -0.3 is 9.30 Å². The smallest absolute Gasteiger partial charge is 0.331 e. The van der Waals surface area contributed by atoms with Crippen LogP contribution in [0.3, 0.4) is 0 Å². The van der Waals surface area contributed by atoms with Crippen molar-refractivity contribution in [2.45, 2.75) is 26.5 Å². The van der Waals surface area contributed by atoms with Crippen molar-refractivity contribution in [1.29, 1.82) is 0 Å². The lowest BCUT2D eigenvalue weighted by Gasteiger charge is -2.06. The highest BCUT2D eigenvalue weighted by Crippen LogP contribution is 2.30. The Morgan fingerprint density at radius 1 is 0.929 bits per heavy atom. The number of aryl methyl sites for hydroxylation is 1. The van der Waals surface area contributed by atoms with Crippen LogP contribution in [0.15, 0.2) is 78.9 Å². The number of benzene rings is 3. The fourth-order valence-electron chi connectivity index (χ4n) is 3.59. The molecule has 0 unspecified atom stereocenters. The van der Waals surface area contributed by atoms with E-state index in [-0.39, 0.29) is 12.6 Å². The summed E-state index contributed by atoms with van der Waals surface area (Å²) >= 11 is 0. The standard InChI is InChI=1S/C25H23NO2/c1-2-16-26-23-11-7-6-10-21(23)22-17-20(12-14-24(22)26)18-28-25(27)15-13-19-8-4-3-5-9-19/h3-15,17H,2,16,18H2,1H3. The van der Waals surface area contributed by atoms with Gasteiger partial charge in [-0.15, -0.1) is 0 Å². The molecule has 3 heteroatoms. The SMILES string of the molecule is CCCn1c2ccccc2c2cc(COC(=O)C=Cc3ccccc3)ccc21. The van der Waals surface area contributed by atoms with Crippen LogP contribution in [0.2, 0.25) is 0 Å². The van der Waals surface area contributed by atoms with E-state index < -0.39 is 0 Å². The van der Waals surface area contributed by atoms with Crippen LogP contribution in [0.25, 0.3) is 27.9 Å². The van der Waals surface area contributed by atoms with Gasteiger partial charge in [0.05, 0.1) is 0 Å². The molecule has 1 heterocycles. The van der Waals surface area contributed by atoms with E-state index in [1.54, 1.807) is 6.08 Å². The molecule has 0 N–H and O–H groups in total. The number of nitrogens with zero attached hydrogens (tertiary/aromatic N) is 1. The van der Waals surface area contributed by atoms with E-state index in [2.05, 4.69) is 47.9 Å². The first-order chi connectivity index (χ1) is 13.8. The molecule has 140 valence electrons. The third-order valence-electron chi connectivity index (χ3n) is 4.88. The number of rotatable bonds is 6. The molecule has 0 aliphatic heterocycles. The van der Waals surface area contributed by atoms with Crippen LogP contribution in [0.4, 0.5) is 0 Å². The van der Waals surface area contributed by atoms with Crippen LogP contribution in [-0.4, -0.2) is 10.5 Å². The van der Waals surface area contributed by atoms with Crippen LogP contribution in [0, 0.1) is 0 Å². The fourth-order valence-corrected chi connectivity index (χ4v) is 3.59. The molecular weight excluding hydrogens is 346 g/mol. The first kappa shape index (κ1) is 18.1. The number of para-hydroxylation sites is 1. The average molecular weight is 369 g/mol. The Labute approximate surface area is 164 Å². The normalized spacial score (nSPS) is 11.5.